The van der Waals surface area contributed by atoms with Crippen molar-refractivity contribution in [2.24, 2.45) is 5.73 Å². The molecule has 1 unspecified atom stereocenters. The predicted octanol–water partition coefficient (Wildman–Crippen LogP) is 3.16. The summed E-state index contributed by atoms with van der Waals surface area (Å²) in [5.41, 5.74) is 7.63. The number of fused-ring (bicyclic) bond motifs is 1. The number of nitrogens with zero attached hydrogens (tertiary/aromatic N) is 2. The van der Waals surface area contributed by atoms with Crippen molar-refractivity contribution >= 4 is 22.6 Å². The standard InChI is InChI=1S/C13H18ClN3/c1-3-17-12-10(14)5-4-6-11(12)16-13(17)9(2)7-8-15/h4-6,9H,3,7-8,15H2,1-2H3. The number of rotatable bonds is 4. The van der Waals surface area contributed by atoms with Gasteiger partial charge < -0.3 is 10.3 Å². The lowest BCUT2D eigenvalue weighted by Crippen LogP contribution is -2.10. The molecule has 2 aromatic rings. The van der Waals surface area contributed by atoms with Gasteiger partial charge in [0.25, 0.3) is 0 Å². The van der Waals surface area contributed by atoms with Gasteiger partial charge >= 0.3 is 0 Å². The first-order chi connectivity index (χ1) is 8.19. The first-order valence-corrected chi connectivity index (χ1v) is 6.41. The van der Waals surface area contributed by atoms with Crippen LogP contribution in [0.5, 0.6) is 0 Å². The number of hydrogen-bond donors (Lipinski definition) is 1. The first-order valence-electron chi connectivity index (χ1n) is 6.03. The Morgan fingerprint density at radius 3 is 2.88 bits per heavy atom. The molecule has 0 amide bonds. The third kappa shape index (κ3) is 2.17. The summed E-state index contributed by atoms with van der Waals surface area (Å²) >= 11 is 6.25. The lowest BCUT2D eigenvalue weighted by molar-refractivity contribution is 0.599. The number of nitrogens with two attached hydrogens (primary N) is 1. The molecule has 0 bridgehead atoms. The molecule has 0 saturated heterocycles. The molecular formula is C13H18ClN3. The Hall–Kier alpha value is -1.06. The molecule has 1 heterocycles. The number of para-hydroxylation sites is 1. The topological polar surface area (TPSA) is 43.8 Å². The molecule has 92 valence electrons. The largest absolute Gasteiger partial charge is 0.330 e. The summed E-state index contributed by atoms with van der Waals surface area (Å²) in [4.78, 5) is 4.69. The van der Waals surface area contributed by atoms with Crippen molar-refractivity contribution in [3.63, 3.8) is 0 Å². The lowest BCUT2D eigenvalue weighted by atomic mass is 10.1. The molecule has 0 aliphatic carbocycles. The van der Waals surface area contributed by atoms with Gasteiger partial charge in [-0.15, -0.1) is 0 Å². The number of halogens is 1. The second-order valence-corrected chi connectivity index (χ2v) is 4.71. The molecule has 0 aliphatic heterocycles. The highest BCUT2D eigenvalue weighted by molar-refractivity contribution is 6.35. The van der Waals surface area contributed by atoms with E-state index in [4.69, 9.17) is 17.3 Å². The SMILES string of the molecule is CCn1c(C(C)CCN)nc2cccc(Cl)c21. The van der Waals surface area contributed by atoms with E-state index >= 15 is 0 Å². The molecule has 1 aromatic carbocycles. The van der Waals surface area contributed by atoms with Crippen LogP contribution < -0.4 is 5.73 Å². The minimum Gasteiger partial charge on any atom is -0.330 e. The van der Waals surface area contributed by atoms with Gasteiger partial charge in [-0.05, 0) is 32.0 Å². The van der Waals surface area contributed by atoms with Gasteiger partial charge in [-0.2, -0.15) is 0 Å². The second kappa shape index (κ2) is 5.07. The smallest absolute Gasteiger partial charge is 0.112 e. The summed E-state index contributed by atoms with van der Waals surface area (Å²) in [5, 5.41) is 0.767. The molecule has 1 aromatic heterocycles. The van der Waals surface area contributed by atoms with Crippen LogP contribution in [0.4, 0.5) is 0 Å². The second-order valence-electron chi connectivity index (χ2n) is 4.30. The van der Waals surface area contributed by atoms with Crippen LogP contribution in [0.1, 0.15) is 32.0 Å². The van der Waals surface area contributed by atoms with Crippen LogP contribution in [0.25, 0.3) is 11.0 Å². The molecule has 0 fully saturated rings. The maximum absolute atomic E-state index is 6.25. The van der Waals surface area contributed by atoms with Crippen molar-refractivity contribution in [3.8, 4) is 0 Å². The summed E-state index contributed by atoms with van der Waals surface area (Å²) in [6, 6.07) is 5.86. The van der Waals surface area contributed by atoms with Crippen molar-refractivity contribution in [1.82, 2.24) is 9.55 Å². The number of imidazole rings is 1. The van der Waals surface area contributed by atoms with E-state index in [0.29, 0.717) is 12.5 Å². The maximum Gasteiger partial charge on any atom is 0.112 e. The van der Waals surface area contributed by atoms with Crippen LogP contribution >= 0.6 is 11.6 Å². The minimum atomic E-state index is 0.364. The predicted molar refractivity (Wildman–Crippen MR) is 72.5 cm³/mol. The number of aromatic nitrogens is 2. The van der Waals surface area contributed by atoms with Crippen LogP contribution in [-0.2, 0) is 6.54 Å². The van der Waals surface area contributed by atoms with Gasteiger partial charge in [-0.3, -0.25) is 0 Å². The van der Waals surface area contributed by atoms with Gasteiger partial charge in [0.15, 0.2) is 0 Å². The maximum atomic E-state index is 6.25. The summed E-state index contributed by atoms with van der Waals surface area (Å²) in [6.45, 7) is 5.84. The van der Waals surface area contributed by atoms with Gasteiger partial charge in [-0.25, -0.2) is 4.98 Å². The van der Waals surface area contributed by atoms with Crippen molar-refractivity contribution < 1.29 is 0 Å². The fourth-order valence-electron chi connectivity index (χ4n) is 2.24. The van der Waals surface area contributed by atoms with E-state index in [2.05, 4.69) is 23.4 Å². The van der Waals surface area contributed by atoms with E-state index in [-0.39, 0.29) is 0 Å². The van der Waals surface area contributed by atoms with Gasteiger partial charge in [-0.1, -0.05) is 24.6 Å². The Bertz CT molecular complexity index is 519. The normalized spacial score (nSPS) is 13.2. The fourth-order valence-corrected chi connectivity index (χ4v) is 2.51. The molecule has 0 aliphatic rings. The summed E-state index contributed by atoms with van der Waals surface area (Å²) in [7, 11) is 0. The van der Waals surface area contributed by atoms with Crippen molar-refractivity contribution in [2.75, 3.05) is 6.54 Å². The summed E-state index contributed by atoms with van der Waals surface area (Å²) in [6.07, 6.45) is 0.945. The Balaban J connectivity index is 2.60. The fraction of sp³-hybridized carbons (Fsp3) is 0.462. The highest BCUT2D eigenvalue weighted by Gasteiger charge is 2.16. The van der Waals surface area contributed by atoms with Crippen LogP contribution in [0.2, 0.25) is 5.02 Å². The molecule has 2 rings (SSSR count). The zero-order valence-electron chi connectivity index (χ0n) is 10.3. The Morgan fingerprint density at radius 2 is 2.24 bits per heavy atom. The molecule has 17 heavy (non-hydrogen) atoms. The highest BCUT2D eigenvalue weighted by atomic mass is 35.5. The molecular weight excluding hydrogens is 234 g/mol. The van der Waals surface area contributed by atoms with Crippen molar-refractivity contribution in [2.45, 2.75) is 32.7 Å². The van der Waals surface area contributed by atoms with Crippen molar-refractivity contribution in [1.29, 1.82) is 0 Å². The molecule has 0 saturated carbocycles. The average Bonchev–Trinajstić information content (AvgIpc) is 2.69. The number of aryl methyl sites for hydroxylation is 1. The quantitative estimate of drug-likeness (QED) is 0.907. The highest BCUT2D eigenvalue weighted by Crippen LogP contribution is 2.28. The Morgan fingerprint density at radius 1 is 1.47 bits per heavy atom. The monoisotopic (exact) mass is 251 g/mol. The number of hydrogen-bond acceptors (Lipinski definition) is 2. The van der Waals surface area contributed by atoms with Crippen molar-refractivity contribution in [3.05, 3.63) is 29.0 Å². The van der Waals surface area contributed by atoms with E-state index in [9.17, 15) is 0 Å². The van der Waals surface area contributed by atoms with E-state index in [1.54, 1.807) is 0 Å². The Kier molecular flexibility index (Phi) is 3.69. The van der Waals surface area contributed by atoms with Crippen LogP contribution in [0.15, 0.2) is 18.2 Å². The van der Waals surface area contributed by atoms with E-state index < -0.39 is 0 Å². The van der Waals surface area contributed by atoms with Crippen LogP contribution in [0, 0.1) is 0 Å². The molecule has 3 nitrogen and oxygen atoms in total. The molecule has 0 radical (unpaired) electrons. The summed E-state index contributed by atoms with van der Waals surface area (Å²) in [5.74, 6) is 1.45. The van der Waals surface area contributed by atoms with E-state index in [1.165, 1.54) is 0 Å². The third-order valence-electron chi connectivity index (χ3n) is 3.10. The molecule has 1 atom stereocenters. The minimum absolute atomic E-state index is 0.364. The zero-order valence-corrected chi connectivity index (χ0v) is 11.0. The van der Waals surface area contributed by atoms with E-state index in [0.717, 1.165) is 34.8 Å². The molecule has 2 N–H and O–H groups in total. The third-order valence-corrected chi connectivity index (χ3v) is 3.41. The van der Waals surface area contributed by atoms with Gasteiger partial charge in [0.1, 0.15) is 5.82 Å². The molecule has 0 spiro atoms. The Labute approximate surface area is 107 Å². The first kappa shape index (κ1) is 12.4. The lowest BCUT2D eigenvalue weighted by Gasteiger charge is -2.12. The van der Waals surface area contributed by atoms with Gasteiger partial charge in [0, 0.05) is 12.5 Å². The average molecular weight is 252 g/mol. The van der Waals surface area contributed by atoms with Crippen LogP contribution in [-0.4, -0.2) is 16.1 Å². The molecule has 4 heteroatoms. The van der Waals surface area contributed by atoms with Crippen LogP contribution in [0.3, 0.4) is 0 Å². The van der Waals surface area contributed by atoms with E-state index in [1.807, 2.05) is 18.2 Å². The van der Waals surface area contributed by atoms with Gasteiger partial charge in [0.05, 0.1) is 16.1 Å². The summed E-state index contributed by atoms with van der Waals surface area (Å²) < 4.78 is 2.19. The van der Waals surface area contributed by atoms with Gasteiger partial charge in [0.2, 0.25) is 0 Å². The number of benzene rings is 1. The zero-order chi connectivity index (χ0) is 12.4.